The van der Waals surface area contributed by atoms with Crippen molar-refractivity contribution in [2.75, 3.05) is 0 Å². The van der Waals surface area contributed by atoms with Gasteiger partial charge in [0, 0.05) is 11.6 Å². The zero-order valence-electron chi connectivity index (χ0n) is 16.4. The Balaban J connectivity index is 2.15. The average Bonchev–Trinajstić information content (AvgIpc) is 3.09. The number of nitrogens with one attached hydrogen (secondary N) is 1. The maximum Gasteiger partial charge on any atom is 0.326 e. The number of nitrogens with zero attached hydrogens (tertiary/aromatic N) is 3. The molecule has 0 aliphatic heterocycles. The Bertz CT molecular complexity index is 1010. The number of amides is 1. The topological polar surface area (TPSA) is 97.1 Å². The quantitative estimate of drug-likeness (QED) is 0.682. The number of fused-ring (bicyclic) bond motifs is 1. The van der Waals surface area contributed by atoms with Crippen LogP contribution in [-0.2, 0) is 4.79 Å². The van der Waals surface area contributed by atoms with Gasteiger partial charge in [0.25, 0.3) is 5.91 Å². The first-order valence-corrected chi connectivity index (χ1v) is 9.27. The van der Waals surface area contributed by atoms with E-state index in [0.717, 1.165) is 5.56 Å². The minimum absolute atomic E-state index is 0.0642. The maximum atomic E-state index is 13.0. The van der Waals surface area contributed by atoms with Gasteiger partial charge in [0.15, 0.2) is 5.65 Å². The van der Waals surface area contributed by atoms with Crippen LogP contribution in [-0.4, -0.2) is 37.8 Å². The van der Waals surface area contributed by atoms with Crippen LogP contribution in [0.25, 0.3) is 22.3 Å². The van der Waals surface area contributed by atoms with E-state index < -0.39 is 17.9 Å². The number of carbonyl (C=O) groups is 2. The number of pyridine rings is 1. The summed E-state index contributed by atoms with van der Waals surface area (Å²) in [7, 11) is 0. The predicted molar refractivity (Wildman–Crippen MR) is 107 cm³/mol. The first-order chi connectivity index (χ1) is 13.3. The van der Waals surface area contributed by atoms with Crippen molar-refractivity contribution in [3.63, 3.8) is 0 Å². The molecule has 1 atom stereocenters. The van der Waals surface area contributed by atoms with Crippen LogP contribution in [0.4, 0.5) is 0 Å². The number of aromatic nitrogens is 3. The Labute approximate surface area is 163 Å². The molecule has 3 rings (SSSR count). The van der Waals surface area contributed by atoms with Crippen LogP contribution in [0, 0.1) is 5.92 Å². The number of carbonyl (C=O) groups excluding carboxylic acids is 1. The van der Waals surface area contributed by atoms with E-state index in [-0.39, 0.29) is 12.0 Å². The summed E-state index contributed by atoms with van der Waals surface area (Å²) in [6.45, 7) is 7.49. The van der Waals surface area contributed by atoms with Gasteiger partial charge in [0.2, 0.25) is 0 Å². The summed E-state index contributed by atoms with van der Waals surface area (Å²) in [4.78, 5) is 29.2. The van der Waals surface area contributed by atoms with Gasteiger partial charge in [-0.15, -0.1) is 0 Å². The number of benzene rings is 1. The summed E-state index contributed by atoms with van der Waals surface area (Å²) in [5, 5.41) is 17.0. The van der Waals surface area contributed by atoms with Crippen molar-refractivity contribution in [2.24, 2.45) is 5.92 Å². The molecule has 146 valence electrons. The molecule has 0 spiro atoms. The van der Waals surface area contributed by atoms with Gasteiger partial charge >= 0.3 is 5.97 Å². The summed E-state index contributed by atoms with van der Waals surface area (Å²) in [6.07, 6.45) is 1.61. The van der Waals surface area contributed by atoms with Gasteiger partial charge in [-0.05, 0) is 25.8 Å². The Kier molecular flexibility index (Phi) is 5.44. The monoisotopic (exact) mass is 380 g/mol. The van der Waals surface area contributed by atoms with Gasteiger partial charge in [-0.3, -0.25) is 4.79 Å². The molecule has 0 aliphatic rings. The zero-order valence-corrected chi connectivity index (χ0v) is 16.4. The minimum atomic E-state index is -1.06. The summed E-state index contributed by atoms with van der Waals surface area (Å²) >= 11 is 0. The van der Waals surface area contributed by atoms with E-state index in [0.29, 0.717) is 22.3 Å². The molecule has 0 aliphatic carbocycles. The van der Waals surface area contributed by atoms with Crippen molar-refractivity contribution in [3.05, 3.63) is 48.2 Å². The van der Waals surface area contributed by atoms with Crippen molar-refractivity contribution < 1.29 is 14.7 Å². The summed E-state index contributed by atoms with van der Waals surface area (Å²) in [5.74, 6) is -1.76. The van der Waals surface area contributed by atoms with Gasteiger partial charge in [-0.2, -0.15) is 5.10 Å². The van der Waals surface area contributed by atoms with Crippen LogP contribution in [0.1, 0.15) is 44.1 Å². The van der Waals surface area contributed by atoms with E-state index in [4.69, 9.17) is 4.98 Å². The molecule has 2 heterocycles. The molecular formula is C21H24N4O3. The second-order valence-electron chi connectivity index (χ2n) is 7.37. The molecule has 2 N–H and O–H groups in total. The largest absolute Gasteiger partial charge is 0.480 e. The number of carboxylic acid groups (broad SMARTS) is 1. The summed E-state index contributed by atoms with van der Waals surface area (Å²) < 4.78 is 1.76. The Morgan fingerprint density at radius 1 is 1.11 bits per heavy atom. The molecule has 0 saturated carbocycles. The first kappa shape index (κ1) is 19.5. The highest BCUT2D eigenvalue weighted by molar-refractivity contribution is 6.07. The van der Waals surface area contributed by atoms with E-state index in [1.54, 1.807) is 30.8 Å². The molecular weight excluding hydrogens is 356 g/mol. The van der Waals surface area contributed by atoms with Gasteiger partial charge in [-0.1, -0.05) is 44.2 Å². The summed E-state index contributed by atoms with van der Waals surface area (Å²) in [6, 6.07) is 10.3. The molecule has 1 aromatic carbocycles. The first-order valence-electron chi connectivity index (χ1n) is 9.27. The molecule has 1 amide bonds. The Morgan fingerprint density at radius 3 is 2.36 bits per heavy atom. The highest BCUT2D eigenvalue weighted by Crippen LogP contribution is 2.26. The number of rotatable bonds is 6. The van der Waals surface area contributed by atoms with Crippen molar-refractivity contribution in [2.45, 2.75) is 39.8 Å². The minimum Gasteiger partial charge on any atom is -0.480 e. The predicted octanol–water partition coefficient (Wildman–Crippen LogP) is 3.52. The maximum absolute atomic E-state index is 13.0. The third-order valence-corrected chi connectivity index (χ3v) is 4.59. The molecule has 0 bridgehead atoms. The Hall–Kier alpha value is -3.22. The lowest BCUT2D eigenvalue weighted by Crippen LogP contribution is -2.44. The zero-order chi connectivity index (χ0) is 20.4. The lowest BCUT2D eigenvalue weighted by atomic mass is 10.0. The normalized spacial score (nSPS) is 12.5. The average molecular weight is 380 g/mol. The fourth-order valence-electron chi connectivity index (χ4n) is 3.07. The van der Waals surface area contributed by atoms with Crippen LogP contribution in [0.5, 0.6) is 0 Å². The third-order valence-electron chi connectivity index (χ3n) is 4.59. The smallest absolute Gasteiger partial charge is 0.326 e. The molecule has 28 heavy (non-hydrogen) atoms. The van der Waals surface area contributed by atoms with Gasteiger partial charge in [0.1, 0.15) is 6.04 Å². The molecule has 3 aromatic rings. The molecule has 0 radical (unpaired) electrons. The number of hydrogen-bond donors (Lipinski definition) is 2. The van der Waals surface area contributed by atoms with E-state index in [9.17, 15) is 14.7 Å². The third kappa shape index (κ3) is 3.74. The highest BCUT2D eigenvalue weighted by Gasteiger charge is 2.26. The van der Waals surface area contributed by atoms with Gasteiger partial charge in [0.05, 0.1) is 22.8 Å². The molecule has 7 nitrogen and oxygen atoms in total. The fourth-order valence-corrected chi connectivity index (χ4v) is 3.07. The van der Waals surface area contributed by atoms with E-state index in [1.165, 1.54) is 0 Å². The SMILES string of the molecule is CC(C)[C@H](NC(=O)c1cc(-c2ccccc2)nc2c1cnn2C(C)C)C(=O)O. The van der Waals surface area contributed by atoms with Crippen LogP contribution < -0.4 is 5.32 Å². The fraction of sp³-hybridized carbons (Fsp3) is 0.333. The van der Waals surface area contributed by atoms with Crippen molar-refractivity contribution >= 4 is 22.9 Å². The van der Waals surface area contributed by atoms with E-state index >= 15 is 0 Å². The van der Waals surface area contributed by atoms with Crippen LogP contribution >= 0.6 is 0 Å². The van der Waals surface area contributed by atoms with Crippen molar-refractivity contribution in [3.8, 4) is 11.3 Å². The Morgan fingerprint density at radius 2 is 1.79 bits per heavy atom. The second kappa shape index (κ2) is 7.80. The number of carboxylic acids is 1. The second-order valence-corrected chi connectivity index (χ2v) is 7.37. The van der Waals surface area contributed by atoms with Crippen molar-refractivity contribution in [1.29, 1.82) is 0 Å². The van der Waals surface area contributed by atoms with Crippen molar-refractivity contribution in [1.82, 2.24) is 20.1 Å². The number of hydrogen-bond acceptors (Lipinski definition) is 4. The van der Waals surface area contributed by atoms with Crippen LogP contribution in [0.2, 0.25) is 0 Å². The molecule has 2 aromatic heterocycles. The number of aliphatic carboxylic acids is 1. The van der Waals surface area contributed by atoms with Gasteiger partial charge in [-0.25, -0.2) is 14.5 Å². The molecule has 0 unspecified atom stereocenters. The van der Waals surface area contributed by atoms with E-state index in [2.05, 4.69) is 10.4 Å². The van der Waals surface area contributed by atoms with Gasteiger partial charge < -0.3 is 10.4 Å². The lowest BCUT2D eigenvalue weighted by Gasteiger charge is -2.18. The van der Waals surface area contributed by atoms with Crippen LogP contribution in [0.3, 0.4) is 0 Å². The summed E-state index contributed by atoms with van der Waals surface area (Å²) in [5.41, 5.74) is 2.46. The lowest BCUT2D eigenvalue weighted by molar-refractivity contribution is -0.140. The highest BCUT2D eigenvalue weighted by atomic mass is 16.4. The standard InChI is InChI=1S/C21H24N4O3/c1-12(2)18(21(27)28)24-20(26)15-10-17(14-8-6-5-7-9-14)23-19-16(15)11-22-25(19)13(3)4/h5-13,18H,1-4H3,(H,24,26)(H,27,28)/t18-/m0/s1. The van der Waals surface area contributed by atoms with E-state index in [1.807, 2.05) is 44.2 Å². The van der Waals surface area contributed by atoms with Crippen LogP contribution in [0.15, 0.2) is 42.6 Å². The molecule has 0 fully saturated rings. The molecule has 7 heteroatoms. The molecule has 0 saturated heterocycles.